The van der Waals surface area contributed by atoms with Crippen LogP contribution in [0.25, 0.3) is 0 Å². The molecule has 0 aromatic heterocycles. The van der Waals surface area contributed by atoms with Crippen LogP contribution in [0.1, 0.15) is 7.43 Å². The Hall–Kier alpha value is 0.873. The molecular formula is CH8ClNZn. The monoisotopic (exact) mass is 133 g/mol. The molecule has 26 valence electrons. The van der Waals surface area contributed by atoms with Crippen molar-refractivity contribution >= 4 is 12.4 Å². The fourth-order valence-corrected chi connectivity index (χ4v) is 0. The summed E-state index contributed by atoms with van der Waals surface area (Å²) >= 11 is 0. The number of halogens is 1. The van der Waals surface area contributed by atoms with Crippen molar-refractivity contribution in [3.63, 3.8) is 0 Å². The quantitative estimate of drug-likeness (QED) is 0.497. The Kier molecular flexibility index (Phi) is 1000. The normalized spacial score (nSPS) is 0. The van der Waals surface area contributed by atoms with E-state index in [0.717, 1.165) is 0 Å². The summed E-state index contributed by atoms with van der Waals surface area (Å²) in [6, 6.07) is 0. The van der Waals surface area contributed by atoms with Gasteiger partial charge in [-0.25, -0.2) is 0 Å². The molecule has 0 aliphatic rings. The van der Waals surface area contributed by atoms with Crippen molar-refractivity contribution in [3.8, 4) is 0 Å². The molecule has 3 heteroatoms. The Morgan fingerprint density at radius 2 is 1.00 bits per heavy atom. The van der Waals surface area contributed by atoms with Crippen LogP contribution in [0, 0.1) is 0 Å². The predicted molar refractivity (Wildman–Crippen MR) is 19.0 cm³/mol. The summed E-state index contributed by atoms with van der Waals surface area (Å²) < 4.78 is 0. The summed E-state index contributed by atoms with van der Waals surface area (Å²) in [5.41, 5.74) is 0. The molecule has 0 saturated carbocycles. The van der Waals surface area contributed by atoms with Crippen LogP contribution in [0.2, 0.25) is 0 Å². The van der Waals surface area contributed by atoms with E-state index in [1.54, 1.807) is 0 Å². The van der Waals surface area contributed by atoms with Crippen LogP contribution < -0.4 is 6.15 Å². The first-order valence-corrected chi connectivity index (χ1v) is 0. The summed E-state index contributed by atoms with van der Waals surface area (Å²) in [4.78, 5) is 0. The van der Waals surface area contributed by atoms with Gasteiger partial charge in [0.25, 0.3) is 0 Å². The van der Waals surface area contributed by atoms with Gasteiger partial charge in [0.1, 0.15) is 0 Å². The Bertz CT molecular complexity index is 8.00. The molecule has 0 atom stereocenters. The largest absolute Gasteiger partial charge is 0.344 e. The zero-order valence-electron chi connectivity index (χ0n) is 1.82. The van der Waals surface area contributed by atoms with E-state index in [9.17, 15) is 0 Å². The average Bonchev–Trinajstić information content (AvgIpc) is 0. The van der Waals surface area contributed by atoms with Crippen molar-refractivity contribution in [1.29, 1.82) is 0 Å². The molecule has 0 amide bonds. The van der Waals surface area contributed by atoms with Gasteiger partial charge in [-0.2, -0.15) is 0 Å². The maximum atomic E-state index is 0. The molecule has 0 bridgehead atoms. The molecule has 0 aliphatic carbocycles. The van der Waals surface area contributed by atoms with Crippen molar-refractivity contribution < 1.29 is 19.5 Å². The second-order valence-corrected chi connectivity index (χ2v) is 0. The second-order valence-electron chi connectivity index (χ2n) is 0. The van der Waals surface area contributed by atoms with Gasteiger partial charge in [-0.3, -0.25) is 0 Å². The van der Waals surface area contributed by atoms with E-state index < -0.39 is 0 Å². The molecule has 0 saturated heterocycles. The zero-order chi connectivity index (χ0) is 0. The smallest absolute Gasteiger partial charge is 0 e. The Morgan fingerprint density at radius 1 is 1.00 bits per heavy atom. The van der Waals surface area contributed by atoms with Crippen LogP contribution in [-0.4, -0.2) is 0 Å². The first kappa shape index (κ1) is 95.9. The maximum absolute atomic E-state index is 0. The average molecular weight is 135 g/mol. The Labute approximate surface area is 45.9 Å². The first-order valence-electron chi connectivity index (χ1n) is 0. The van der Waals surface area contributed by atoms with Gasteiger partial charge < -0.3 is 6.15 Å². The summed E-state index contributed by atoms with van der Waals surface area (Å²) in [7, 11) is 0. The van der Waals surface area contributed by atoms with Gasteiger partial charge in [-0.05, 0) is 0 Å². The third-order valence-electron chi connectivity index (χ3n) is 0. The van der Waals surface area contributed by atoms with E-state index >= 15 is 0 Å². The molecule has 0 heterocycles. The van der Waals surface area contributed by atoms with Crippen LogP contribution >= 0.6 is 12.4 Å². The van der Waals surface area contributed by atoms with Crippen LogP contribution in [0.3, 0.4) is 0 Å². The molecule has 0 radical (unpaired) electrons. The fraction of sp³-hybridized carbons (Fsp3) is 1.00. The molecule has 3 N–H and O–H groups in total. The Morgan fingerprint density at radius 3 is 1.00 bits per heavy atom. The third kappa shape index (κ3) is 13.2. The van der Waals surface area contributed by atoms with E-state index in [1.807, 2.05) is 0 Å². The van der Waals surface area contributed by atoms with Gasteiger partial charge in [0, 0.05) is 19.5 Å². The zero-order valence-corrected chi connectivity index (χ0v) is 5.61. The van der Waals surface area contributed by atoms with E-state index in [0.29, 0.717) is 0 Å². The minimum Gasteiger partial charge on any atom is -0.344 e. The van der Waals surface area contributed by atoms with Crippen molar-refractivity contribution in [1.82, 2.24) is 6.15 Å². The van der Waals surface area contributed by atoms with E-state index in [-0.39, 0.29) is 45.5 Å². The van der Waals surface area contributed by atoms with Gasteiger partial charge in [0.05, 0.1) is 0 Å². The molecule has 0 fully saturated rings. The van der Waals surface area contributed by atoms with Crippen molar-refractivity contribution in [3.05, 3.63) is 0 Å². The first-order chi connectivity index (χ1) is 0. The molecule has 0 aromatic rings. The minimum atomic E-state index is 0. The topological polar surface area (TPSA) is 35.0 Å². The van der Waals surface area contributed by atoms with Crippen LogP contribution in [0.4, 0.5) is 0 Å². The van der Waals surface area contributed by atoms with Crippen LogP contribution in [0.15, 0.2) is 0 Å². The number of hydrogen-bond acceptors (Lipinski definition) is 1. The molecule has 0 spiro atoms. The molecule has 0 rings (SSSR count). The van der Waals surface area contributed by atoms with E-state index in [4.69, 9.17) is 0 Å². The number of hydrogen-bond donors (Lipinski definition) is 1. The molecule has 0 aromatic carbocycles. The standard InChI is InChI=1S/CH4.ClH.H3N.Zn/h1H4;1H;1H3;. The third-order valence-corrected chi connectivity index (χ3v) is 0. The van der Waals surface area contributed by atoms with Crippen molar-refractivity contribution in [2.45, 2.75) is 7.43 Å². The molecule has 0 aliphatic heterocycles. The SMILES string of the molecule is C.Cl.N.[Zn]. The van der Waals surface area contributed by atoms with Gasteiger partial charge in [-0.1, -0.05) is 7.43 Å². The van der Waals surface area contributed by atoms with Gasteiger partial charge in [0.2, 0.25) is 0 Å². The minimum absolute atomic E-state index is 0. The number of rotatable bonds is 0. The Balaban J connectivity index is 0. The van der Waals surface area contributed by atoms with Crippen LogP contribution in [-0.2, 0) is 19.5 Å². The van der Waals surface area contributed by atoms with Crippen molar-refractivity contribution in [2.75, 3.05) is 0 Å². The van der Waals surface area contributed by atoms with Gasteiger partial charge >= 0.3 is 0 Å². The second kappa shape index (κ2) is 41.9. The maximum Gasteiger partial charge on any atom is 0 e. The summed E-state index contributed by atoms with van der Waals surface area (Å²) in [5.74, 6) is 0. The molecular weight excluding hydrogens is 127 g/mol. The van der Waals surface area contributed by atoms with Crippen LogP contribution in [0.5, 0.6) is 0 Å². The summed E-state index contributed by atoms with van der Waals surface area (Å²) in [6.45, 7) is 0. The van der Waals surface area contributed by atoms with Gasteiger partial charge in [-0.15, -0.1) is 12.4 Å². The molecule has 1 nitrogen and oxygen atoms in total. The van der Waals surface area contributed by atoms with E-state index in [1.165, 1.54) is 0 Å². The predicted octanol–water partition coefficient (Wildman–Crippen LogP) is 1.22. The summed E-state index contributed by atoms with van der Waals surface area (Å²) in [5, 5.41) is 0. The van der Waals surface area contributed by atoms with Crippen molar-refractivity contribution in [2.24, 2.45) is 0 Å². The summed E-state index contributed by atoms with van der Waals surface area (Å²) in [6.07, 6.45) is 0. The fourth-order valence-electron chi connectivity index (χ4n) is 0. The van der Waals surface area contributed by atoms with Gasteiger partial charge in [0.15, 0.2) is 0 Å². The molecule has 4 heavy (non-hydrogen) atoms. The van der Waals surface area contributed by atoms with E-state index in [2.05, 4.69) is 0 Å². The molecule has 0 unspecified atom stereocenters.